The van der Waals surface area contributed by atoms with E-state index in [2.05, 4.69) is 4.90 Å². The highest BCUT2D eigenvalue weighted by atomic mass is 19.1. The van der Waals surface area contributed by atoms with Crippen LogP contribution in [-0.2, 0) is 4.79 Å². The van der Waals surface area contributed by atoms with Crippen LogP contribution in [0.3, 0.4) is 0 Å². The summed E-state index contributed by atoms with van der Waals surface area (Å²) in [6.07, 6.45) is 1.30. The van der Waals surface area contributed by atoms with Crippen molar-refractivity contribution in [1.82, 2.24) is 4.90 Å². The van der Waals surface area contributed by atoms with E-state index >= 15 is 0 Å². The topological polar surface area (TPSA) is 43.8 Å². The molecule has 3 rings (SSSR count). The van der Waals surface area contributed by atoms with E-state index in [4.69, 9.17) is 0 Å². The highest BCUT2D eigenvalue weighted by Gasteiger charge is 2.40. The number of aliphatic hydroxyl groups is 1. The first-order chi connectivity index (χ1) is 10.1. The molecule has 5 heteroatoms. The van der Waals surface area contributed by atoms with Crippen molar-refractivity contribution >= 4 is 11.6 Å². The predicted molar refractivity (Wildman–Crippen MR) is 78.5 cm³/mol. The minimum atomic E-state index is -0.352. The van der Waals surface area contributed by atoms with Gasteiger partial charge in [-0.1, -0.05) is 12.1 Å². The minimum Gasteiger partial charge on any atom is -0.393 e. The van der Waals surface area contributed by atoms with Crippen LogP contribution in [0.1, 0.15) is 19.8 Å². The van der Waals surface area contributed by atoms with Crippen molar-refractivity contribution < 1.29 is 14.3 Å². The number of benzene rings is 1. The molecule has 4 nitrogen and oxygen atoms in total. The van der Waals surface area contributed by atoms with Crippen LogP contribution in [0.15, 0.2) is 24.3 Å². The summed E-state index contributed by atoms with van der Waals surface area (Å²) in [5, 5.41) is 9.67. The van der Waals surface area contributed by atoms with Crippen LogP contribution in [0, 0.1) is 11.7 Å². The second-order valence-electron chi connectivity index (χ2n) is 6.03. The molecule has 0 spiro atoms. The van der Waals surface area contributed by atoms with Crippen LogP contribution in [0.25, 0.3) is 0 Å². The molecule has 1 N–H and O–H groups in total. The number of halogens is 1. The molecule has 2 aliphatic heterocycles. The Labute approximate surface area is 124 Å². The van der Waals surface area contributed by atoms with E-state index in [1.54, 1.807) is 30.0 Å². The van der Waals surface area contributed by atoms with E-state index in [9.17, 15) is 14.3 Å². The minimum absolute atomic E-state index is 0.0219. The molecule has 0 aliphatic carbocycles. The molecule has 0 saturated carbocycles. The zero-order valence-electron chi connectivity index (χ0n) is 12.2. The summed E-state index contributed by atoms with van der Waals surface area (Å²) in [4.78, 5) is 16.3. The van der Waals surface area contributed by atoms with Crippen LogP contribution in [-0.4, -0.2) is 47.7 Å². The van der Waals surface area contributed by atoms with E-state index in [1.165, 1.54) is 6.07 Å². The standard InChI is InChI=1S/C16H21FN2O2/c1-11(20)12-6-8-18(10-12)15-7-9-19(16(15)21)14-5-3-2-4-13(14)17/h2-5,11-12,15,20H,6-10H2,1H3. The normalized spacial score (nSPS) is 28.3. The van der Waals surface area contributed by atoms with Crippen molar-refractivity contribution in [3.8, 4) is 0 Å². The van der Waals surface area contributed by atoms with Crippen molar-refractivity contribution in [1.29, 1.82) is 0 Å². The molecule has 2 aliphatic rings. The summed E-state index contributed by atoms with van der Waals surface area (Å²) in [7, 11) is 0. The molecule has 2 fully saturated rings. The third-order valence-corrected chi connectivity index (χ3v) is 4.70. The zero-order valence-corrected chi connectivity index (χ0v) is 12.2. The maximum atomic E-state index is 13.8. The first-order valence-corrected chi connectivity index (χ1v) is 7.56. The number of amides is 1. The van der Waals surface area contributed by atoms with Crippen molar-refractivity contribution in [2.75, 3.05) is 24.5 Å². The fourth-order valence-corrected chi connectivity index (χ4v) is 3.41. The van der Waals surface area contributed by atoms with E-state index in [1.807, 2.05) is 0 Å². The van der Waals surface area contributed by atoms with E-state index in [0.29, 0.717) is 12.2 Å². The van der Waals surface area contributed by atoms with Gasteiger partial charge in [0.2, 0.25) is 5.91 Å². The molecular formula is C16H21FN2O2. The Morgan fingerprint density at radius 1 is 1.29 bits per heavy atom. The van der Waals surface area contributed by atoms with Gasteiger partial charge in [-0.2, -0.15) is 0 Å². The summed E-state index contributed by atoms with van der Waals surface area (Å²) >= 11 is 0. The smallest absolute Gasteiger partial charge is 0.244 e. The lowest BCUT2D eigenvalue weighted by molar-refractivity contribution is -0.121. The van der Waals surface area contributed by atoms with Gasteiger partial charge in [-0.3, -0.25) is 9.69 Å². The first-order valence-electron chi connectivity index (χ1n) is 7.56. The molecule has 2 saturated heterocycles. The molecule has 0 radical (unpaired) electrons. The van der Waals surface area contributed by atoms with E-state index < -0.39 is 0 Å². The van der Waals surface area contributed by atoms with Gasteiger partial charge < -0.3 is 10.0 Å². The van der Waals surface area contributed by atoms with Crippen LogP contribution < -0.4 is 4.90 Å². The third-order valence-electron chi connectivity index (χ3n) is 4.70. The van der Waals surface area contributed by atoms with Crippen LogP contribution >= 0.6 is 0 Å². The van der Waals surface area contributed by atoms with Gasteiger partial charge in [-0.25, -0.2) is 4.39 Å². The summed E-state index contributed by atoms with van der Waals surface area (Å²) in [6.45, 7) is 3.94. The second kappa shape index (κ2) is 5.73. The van der Waals surface area contributed by atoms with Crippen molar-refractivity contribution in [3.05, 3.63) is 30.1 Å². The highest BCUT2D eigenvalue weighted by molar-refractivity contribution is 5.99. The first kappa shape index (κ1) is 14.5. The number of hydrogen-bond acceptors (Lipinski definition) is 3. The van der Waals surface area contributed by atoms with Gasteiger partial charge in [0.15, 0.2) is 0 Å². The fraction of sp³-hybridized carbons (Fsp3) is 0.562. The largest absolute Gasteiger partial charge is 0.393 e. The van der Waals surface area contributed by atoms with E-state index in [-0.39, 0.29) is 29.8 Å². The van der Waals surface area contributed by atoms with Gasteiger partial charge in [0.1, 0.15) is 5.82 Å². The lowest BCUT2D eigenvalue weighted by Gasteiger charge is -2.24. The number of carbonyl (C=O) groups is 1. The number of hydrogen-bond donors (Lipinski definition) is 1. The maximum absolute atomic E-state index is 13.8. The number of para-hydroxylation sites is 1. The Bertz CT molecular complexity index is 535. The van der Waals surface area contributed by atoms with Gasteiger partial charge in [-0.15, -0.1) is 0 Å². The number of likely N-dealkylation sites (tertiary alicyclic amines) is 1. The van der Waals surface area contributed by atoms with Crippen LogP contribution in [0.2, 0.25) is 0 Å². The van der Waals surface area contributed by atoms with Gasteiger partial charge in [0, 0.05) is 13.1 Å². The highest BCUT2D eigenvalue weighted by Crippen LogP contribution is 2.30. The molecule has 1 amide bonds. The Hall–Kier alpha value is -1.46. The lowest BCUT2D eigenvalue weighted by atomic mass is 10.0. The Morgan fingerprint density at radius 3 is 2.71 bits per heavy atom. The average Bonchev–Trinajstić information content (AvgIpc) is 3.06. The molecule has 2 heterocycles. The van der Waals surface area contributed by atoms with Crippen molar-refractivity contribution in [3.63, 3.8) is 0 Å². The Morgan fingerprint density at radius 2 is 2.05 bits per heavy atom. The monoisotopic (exact) mass is 292 g/mol. The summed E-state index contributed by atoms with van der Waals surface area (Å²) in [6, 6.07) is 6.24. The molecule has 21 heavy (non-hydrogen) atoms. The van der Waals surface area contributed by atoms with Gasteiger partial charge in [0.25, 0.3) is 0 Å². The molecule has 1 aromatic carbocycles. The molecule has 3 unspecified atom stereocenters. The SMILES string of the molecule is CC(O)C1CCN(C2CCN(c3ccccc3F)C2=O)C1. The zero-order chi connectivity index (χ0) is 15.0. The molecule has 0 aromatic heterocycles. The quantitative estimate of drug-likeness (QED) is 0.921. The second-order valence-corrected chi connectivity index (χ2v) is 6.03. The van der Waals surface area contributed by atoms with Gasteiger partial charge in [-0.05, 0) is 44.4 Å². The summed E-state index contributed by atoms with van der Waals surface area (Å²) in [5.74, 6) is -0.138. The Kier molecular flexibility index (Phi) is 3.95. The summed E-state index contributed by atoms with van der Waals surface area (Å²) < 4.78 is 13.8. The average molecular weight is 292 g/mol. The number of nitrogens with zero attached hydrogens (tertiary/aromatic N) is 2. The van der Waals surface area contributed by atoms with Gasteiger partial charge in [0.05, 0.1) is 17.8 Å². The number of rotatable bonds is 3. The number of aliphatic hydroxyl groups excluding tert-OH is 1. The van der Waals surface area contributed by atoms with Crippen LogP contribution in [0.5, 0.6) is 0 Å². The molecule has 0 bridgehead atoms. The van der Waals surface area contributed by atoms with E-state index in [0.717, 1.165) is 25.9 Å². The number of carbonyl (C=O) groups excluding carboxylic acids is 1. The van der Waals surface area contributed by atoms with Gasteiger partial charge >= 0.3 is 0 Å². The molecule has 1 aromatic rings. The number of anilines is 1. The van der Waals surface area contributed by atoms with Crippen molar-refractivity contribution in [2.45, 2.75) is 31.9 Å². The maximum Gasteiger partial charge on any atom is 0.244 e. The third kappa shape index (κ3) is 2.68. The van der Waals surface area contributed by atoms with Crippen molar-refractivity contribution in [2.24, 2.45) is 5.92 Å². The molecule has 3 atom stereocenters. The predicted octanol–water partition coefficient (Wildman–Crippen LogP) is 1.63. The van der Waals surface area contributed by atoms with Crippen LogP contribution in [0.4, 0.5) is 10.1 Å². The lowest BCUT2D eigenvalue weighted by Crippen LogP contribution is -2.41. The molecule has 114 valence electrons. The Balaban J connectivity index is 1.72. The fourth-order valence-electron chi connectivity index (χ4n) is 3.41. The summed E-state index contributed by atoms with van der Waals surface area (Å²) in [5.41, 5.74) is 0.372. The molecular weight excluding hydrogens is 271 g/mol.